The van der Waals surface area contributed by atoms with E-state index >= 15 is 0 Å². The van der Waals surface area contributed by atoms with Crippen molar-refractivity contribution in [3.05, 3.63) is 23.3 Å². The van der Waals surface area contributed by atoms with Crippen LogP contribution < -0.4 is 4.74 Å². The van der Waals surface area contributed by atoms with Crippen LogP contribution in [0.15, 0.2) is 17.0 Å². The Hall–Kier alpha value is -2.50. The highest BCUT2D eigenvalue weighted by atomic mass is 32.2. The summed E-state index contributed by atoms with van der Waals surface area (Å²) in [5.74, 6) is -1.57. The molecular formula is C21H22O7S. The van der Waals surface area contributed by atoms with Crippen molar-refractivity contribution in [3.63, 3.8) is 0 Å². The normalized spacial score (nSPS) is 28.4. The van der Waals surface area contributed by atoms with E-state index in [1.165, 1.54) is 26.2 Å². The number of hydrogen-bond acceptors (Lipinski definition) is 7. The summed E-state index contributed by atoms with van der Waals surface area (Å²) < 4.78 is 34.8. The number of carbonyl (C=O) groups excluding carboxylic acids is 3. The summed E-state index contributed by atoms with van der Waals surface area (Å²) in [4.78, 5) is 39.1. The van der Waals surface area contributed by atoms with Crippen molar-refractivity contribution in [3.8, 4) is 18.1 Å². The SMILES string of the molecule is C#CCOC1(C)C(=O)C(C(=O)c2ccc(S(C)(=O)=O)c(OC)c2C)C(=O)C2CC21. The Kier molecular flexibility index (Phi) is 5.18. The maximum Gasteiger partial charge on any atom is 0.182 e. The summed E-state index contributed by atoms with van der Waals surface area (Å²) >= 11 is 0. The predicted molar refractivity (Wildman–Crippen MR) is 103 cm³/mol. The van der Waals surface area contributed by atoms with E-state index in [1.54, 1.807) is 6.92 Å². The zero-order valence-corrected chi connectivity index (χ0v) is 17.5. The van der Waals surface area contributed by atoms with Gasteiger partial charge in [0.05, 0.1) is 7.11 Å². The summed E-state index contributed by atoms with van der Waals surface area (Å²) in [6.07, 6.45) is 6.75. The van der Waals surface area contributed by atoms with Crippen LogP contribution in [0.25, 0.3) is 0 Å². The molecule has 2 aliphatic carbocycles. The topological polar surface area (TPSA) is 104 Å². The molecule has 0 N–H and O–H groups in total. The van der Waals surface area contributed by atoms with E-state index in [0.717, 1.165) is 6.26 Å². The smallest absolute Gasteiger partial charge is 0.182 e. The maximum atomic E-state index is 13.3. The van der Waals surface area contributed by atoms with Gasteiger partial charge in [-0.15, -0.1) is 6.42 Å². The fourth-order valence-corrected chi connectivity index (χ4v) is 5.07. The molecule has 0 amide bonds. The highest BCUT2D eigenvalue weighted by molar-refractivity contribution is 7.90. The van der Waals surface area contributed by atoms with Crippen molar-refractivity contribution in [2.75, 3.05) is 20.0 Å². The highest BCUT2D eigenvalue weighted by Crippen LogP contribution is 2.55. The molecule has 2 saturated carbocycles. The lowest BCUT2D eigenvalue weighted by molar-refractivity contribution is -0.155. The van der Waals surface area contributed by atoms with Crippen LogP contribution in [0.5, 0.6) is 5.75 Å². The Morgan fingerprint density at radius 1 is 1.34 bits per heavy atom. The molecule has 1 aromatic carbocycles. The number of rotatable bonds is 6. The second-order valence-corrected chi connectivity index (χ2v) is 9.64. The van der Waals surface area contributed by atoms with Gasteiger partial charge in [-0.2, -0.15) is 0 Å². The molecule has 0 bridgehead atoms. The summed E-state index contributed by atoms with van der Waals surface area (Å²) in [5, 5.41) is 0. The minimum atomic E-state index is -3.60. The maximum absolute atomic E-state index is 13.3. The monoisotopic (exact) mass is 418 g/mol. The Morgan fingerprint density at radius 3 is 2.55 bits per heavy atom. The molecule has 2 aliphatic rings. The lowest BCUT2D eigenvalue weighted by Crippen LogP contribution is -2.54. The molecule has 0 aliphatic heterocycles. The van der Waals surface area contributed by atoms with E-state index in [1.807, 2.05) is 0 Å². The van der Waals surface area contributed by atoms with E-state index in [4.69, 9.17) is 15.9 Å². The third kappa shape index (κ3) is 3.28. The second kappa shape index (κ2) is 7.08. The van der Waals surface area contributed by atoms with Gasteiger partial charge >= 0.3 is 0 Å². The lowest BCUT2D eigenvalue weighted by Gasteiger charge is -2.34. The van der Waals surface area contributed by atoms with Crippen LogP contribution in [0.2, 0.25) is 0 Å². The molecule has 3 rings (SSSR count). The zero-order chi connectivity index (χ0) is 21.7. The largest absolute Gasteiger partial charge is 0.495 e. The predicted octanol–water partition coefficient (Wildman–Crippen LogP) is 1.40. The van der Waals surface area contributed by atoms with Crippen LogP contribution in [0.3, 0.4) is 0 Å². The van der Waals surface area contributed by atoms with Crippen LogP contribution >= 0.6 is 0 Å². The Balaban J connectivity index is 2.05. The number of methoxy groups -OCH3 is 1. The zero-order valence-electron chi connectivity index (χ0n) is 16.6. The number of sulfone groups is 1. The van der Waals surface area contributed by atoms with Gasteiger partial charge in [-0.3, -0.25) is 14.4 Å². The fourth-order valence-electron chi connectivity index (χ4n) is 4.18. The average molecular weight is 418 g/mol. The number of hydrogen-bond donors (Lipinski definition) is 0. The number of carbonyl (C=O) groups is 3. The summed E-state index contributed by atoms with van der Waals surface area (Å²) in [7, 11) is -2.30. The van der Waals surface area contributed by atoms with Crippen LogP contribution in [-0.2, 0) is 24.2 Å². The minimum Gasteiger partial charge on any atom is -0.495 e. The number of ketones is 3. The molecular weight excluding hydrogens is 396 g/mol. The lowest BCUT2D eigenvalue weighted by atomic mass is 9.73. The molecule has 1 aromatic rings. The van der Waals surface area contributed by atoms with Gasteiger partial charge in [-0.25, -0.2) is 8.42 Å². The van der Waals surface area contributed by atoms with Gasteiger partial charge < -0.3 is 9.47 Å². The summed E-state index contributed by atoms with van der Waals surface area (Å²) in [6.45, 7) is 2.99. The molecule has 29 heavy (non-hydrogen) atoms. The van der Waals surface area contributed by atoms with Gasteiger partial charge in [0.25, 0.3) is 0 Å². The van der Waals surface area contributed by atoms with E-state index in [2.05, 4.69) is 5.92 Å². The van der Waals surface area contributed by atoms with Gasteiger partial charge in [0, 0.05) is 29.2 Å². The molecule has 4 unspecified atom stereocenters. The molecule has 8 heteroatoms. The van der Waals surface area contributed by atoms with Crippen molar-refractivity contribution in [1.29, 1.82) is 0 Å². The summed E-state index contributed by atoms with van der Waals surface area (Å²) in [6, 6.07) is 2.57. The number of Topliss-reactive ketones (excluding diaryl/α,β-unsaturated/α-hetero) is 3. The van der Waals surface area contributed by atoms with Crippen molar-refractivity contribution >= 4 is 27.2 Å². The first-order valence-corrected chi connectivity index (χ1v) is 11.0. The fraction of sp³-hybridized carbons (Fsp3) is 0.476. The van der Waals surface area contributed by atoms with Gasteiger partial charge in [0.15, 0.2) is 27.2 Å². The molecule has 4 atom stereocenters. The quantitative estimate of drug-likeness (QED) is 0.391. The first-order chi connectivity index (χ1) is 13.5. The first kappa shape index (κ1) is 21.2. The van der Waals surface area contributed by atoms with E-state index < -0.39 is 44.6 Å². The van der Waals surface area contributed by atoms with Crippen LogP contribution in [0.4, 0.5) is 0 Å². The number of terminal acetylenes is 1. The molecule has 7 nitrogen and oxygen atoms in total. The van der Waals surface area contributed by atoms with Crippen molar-refractivity contribution in [2.24, 2.45) is 17.8 Å². The molecule has 0 radical (unpaired) electrons. The van der Waals surface area contributed by atoms with Gasteiger partial charge in [-0.1, -0.05) is 5.92 Å². The first-order valence-electron chi connectivity index (χ1n) is 9.06. The standard InChI is InChI=1S/C21H22O7S/c1-6-9-28-21(3)14-10-13(14)18(23)16(20(21)24)17(22)12-7-8-15(29(5,25)26)19(27-4)11(12)2/h1,7-8,13-14,16H,9-10H2,2-5H3. The van der Waals surface area contributed by atoms with Gasteiger partial charge in [0.1, 0.15) is 28.8 Å². The average Bonchev–Trinajstić information content (AvgIpc) is 3.45. The molecule has 154 valence electrons. The highest BCUT2D eigenvalue weighted by Gasteiger charge is 2.66. The Bertz CT molecular complexity index is 1060. The van der Waals surface area contributed by atoms with Crippen LogP contribution in [0, 0.1) is 37.0 Å². The van der Waals surface area contributed by atoms with E-state index in [9.17, 15) is 22.8 Å². The van der Waals surface area contributed by atoms with Crippen LogP contribution in [0.1, 0.15) is 29.3 Å². The Morgan fingerprint density at radius 2 is 2.00 bits per heavy atom. The minimum absolute atomic E-state index is 0.0182. The molecule has 0 spiro atoms. The van der Waals surface area contributed by atoms with Crippen molar-refractivity contribution in [1.82, 2.24) is 0 Å². The molecule has 0 aromatic heterocycles. The van der Waals surface area contributed by atoms with Crippen molar-refractivity contribution < 1.29 is 32.3 Å². The number of ether oxygens (including phenoxy) is 2. The molecule has 0 saturated heterocycles. The van der Waals surface area contributed by atoms with Crippen LogP contribution in [-0.4, -0.2) is 51.3 Å². The molecule has 2 fully saturated rings. The third-order valence-corrected chi connectivity index (χ3v) is 6.98. The molecule has 0 heterocycles. The van der Waals surface area contributed by atoms with Gasteiger partial charge in [0.2, 0.25) is 0 Å². The van der Waals surface area contributed by atoms with E-state index in [-0.39, 0.29) is 34.3 Å². The van der Waals surface area contributed by atoms with Crippen molar-refractivity contribution in [2.45, 2.75) is 30.8 Å². The Labute approximate surface area is 169 Å². The second-order valence-electron chi connectivity index (χ2n) is 7.65. The van der Waals surface area contributed by atoms with Gasteiger partial charge in [-0.05, 0) is 32.4 Å². The number of benzene rings is 1. The third-order valence-electron chi connectivity index (χ3n) is 5.86. The van der Waals surface area contributed by atoms with E-state index in [0.29, 0.717) is 6.42 Å². The summed E-state index contributed by atoms with van der Waals surface area (Å²) in [5.41, 5.74) is -0.972. The number of fused-ring (bicyclic) bond motifs is 1.